The average Bonchev–Trinajstić information content (AvgIpc) is 3.26. The Labute approximate surface area is 225 Å². The van der Waals surface area contributed by atoms with Crippen molar-refractivity contribution in [2.24, 2.45) is 23.2 Å². The van der Waals surface area contributed by atoms with Crippen LogP contribution in [0.1, 0.15) is 69.9 Å². The standard InChI is InChI=1S/C29H39BN4O4/c1-18(2)13-25(30-37-24-16-20-15-23(28(20,3)4)29(24,5)38-30)34-26(35)21(14-19-9-7-6-8-10-19)33-27(36)22-17-31-11-12-32-22/h6-12,17-18,20-21,23-25H,13-16H2,1-5H3,(H,33,36)(H,34,35)/t20-,21+,23-,24+,25-,29-/m1/s1. The van der Waals surface area contributed by atoms with Crippen molar-refractivity contribution >= 4 is 18.9 Å². The molecular weight excluding hydrogens is 479 g/mol. The van der Waals surface area contributed by atoms with Crippen LogP contribution in [0.15, 0.2) is 48.9 Å². The molecule has 2 bridgehead atoms. The van der Waals surface area contributed by atoms with Gasteiger partial charge in [-0.05, 0) is 54.9 Å². The summed E-state index contributed by atoms with van der Waals surface area (Å²) in [5.74, 6) is 0.359. The van der Waals surface area contributed by atoms with E-state index in [4.69, 9.17) is 9.31 Å². The maximum Gasteiger partial charge on any atom is 0.481 e. The molecular formula is C29H39BN4O4. The van der Waals surface area contributed by atoms with Crippen molar-refractivity contribution in [3.05, 3.63) is 60.2 Å². The van der Waals surface area contributed by atoms with Crippen LogP contribution in [-0.2, 0) is 20.5 Å². The number of benzene rings is 1. The van der Waals surface area contributed by atoms with Gasteiger partial charge in [0.1, 0.15) is 11.7 Å². The first-order valence-electron chi connectivity index (χ1n) is 13.8. The predicted molar refractivity (Wildman–Crippen MR) is 145 cm³/mol. The van der Waals surface area contributed by atoms with Crippen molar-refractivity contribution in [2.75, 3.05) is 0 Å². The fraction of sp³-hybridized carbons (Fsp3) is 0.586. The Morgan fingerprint density at radius 2 is 1.87 bits per heavy atom. The lowest BCUT2D eigenvalue weighted by atomic mass is 9.43. The lowest BCUT2D eigenvalue weighted by molar-refractivity contribution is -0.199. The molecule has 4 fully saturated rings. The van der Waals surface area contributed by atoms with Gasteiger partial charge in [-0.25, -0.2) is 4.98 Å². The maximum absolute atomic E-state index is 13.8. The molecule has 8 nitrogen and oxygen atoms in total. The third kappa shape index (κ3) is 5.10. The Kier molecular flexibility index (Phi) is 7.35. The van der Waals surface area contributed by atoms with Crippen LogP contribution in [0.25, 0.3) is 0 Å². The third-order valence-electron chi connectivity index (χ3n) is 9.05. The van der Waals surface area contributed by atoms with Gasteiger partial charge in [-0.2, -0.15) is 0 Å². The summed E-state index contributed by atoms with van der Waals surface area (Å²) in [6.07, 6.45) is 7.60. The number of nitrogens with one attached hydrogen (secondary N) is 2. The zero-order valence-corrected chi connectivity index (χ0v) is 23.0. The second kappa shape index (κ2) is 10.4. The van der Waals surface area contributed by atoms with Gasteiger partial charge in [-0.3, -0.25) is 14.6 Å². The first kappa shape index (κ1) is 26.8. The Balaban J connectivity index is 1.34. The molecule has 9 heteroatoms. The Morgan fingerprint density at radius 3 is 2.53 bits per heavy atom. The molecule has 2 amide bonds. The lowest BCUT2D eigenvalue weighted by Crippen LogP contribution is -2.65. The number of nitrogens with zero attached hydrogens (tertiary/aromatic N) is 2. The van der Waals surface area contributed by atoms with E-state index in [1.807, 2.05) is 30.3 Å². The summed E-state index contributed by atoms with van der Waals surface area (Å²) in [6.45, 7) is 11.1. The number of carbonyl (C=O) groups is 2. The molecule has 0 unspecified atom stereocenters. The zero-order chi connectivity index (χ0) is 27.1. The largest absolute Gasteiger partial charge is 0.481 e. The van der Waals surface area contributed by atoms with Crippen LogP contribution < -0.4 is 10.6 Å². The number of aromatic nitrogens is 2. The first-order valence-corrected chi connectivity index (χ1v) is 13.8. The predicted octanol–water partition coefficient (Wildman–Crippen LogP) is 3.62. The van der Waals surface area contributed by atoms with E-state index in [9.17, 15) is 9.59 Å². The zero-order valence-electron chi connectivity index (χ0n) is 23.0. The van der Waals surface area contributed by atoms with Crippen LogP contribution in [0.5, 0.6) is 0 Å². The van der Waals surface area contributed by atoms with Crippen molar-refractivity contribution in [2.45, 2.75) is 84.0 Å². The summed E-state index contributed by atoms with van der Waals surface area (Å²) in [5.41, 5.74) is 0.998. The molecule has 2 heterocycles. The van der Waals surface area contributed by atoms with Crippen LogP contribution in [0.2, 0.25) is 0 Å². The van der Waals surface area contributed by atoms with Crippen molar-refractivity contribution in [1.82, 2.24) is 20.6 Å². The average molecular weight is 518 g/mol. The molecule has 0 radical (unpaired) electrons. The molecule has 6 rings (SSSR count). The highest BCUT2D eigenvalue weighted by Crippen LogP contribution is 2.65. The van der Waals surface area contributed by atoms with Gasteiger partial charge in [-0.1, -0.05) is 58.0 Å². The molecule has 202 valence electrons. The Bertz CT molecular complexity index is 1150. The van der Waals surface area contributed by atoms with Crippen LogP contribution in [0, 0.1) is 23.2 Å². The van der Waals surface area contributed by atoms with E-state index in [2.05, 4.69) is 55.2 Å². The SMILES string of the molecule is CC(C)C[C@@H](NC(=O)[C@H](Cc1ccccc1)NC(=O)c1cnccn1)B1O[C@H]2C[C@H]3C[C@H](C3(C)C)[C@@]2(C)O1. The van der Waals surface area contributed by atoms with Crippen LogP contribution >= 0.6 is 0 Å². The van der Waals surface area contributed by atoms with Crippen LogP contribution in [0.3, 0.4) is 0 Å². The lowest BCUT2D eigenvalue weighted by Gasteiger charge is -2.64. The normalized spacial score (nSPS) is 28.7. The van der Waals surface area contributed by atoms with Crippen LogP contribution in [-0.4, -0.2) is 52.6 Å². The van der Waals surface area contributed by atoms with E-state index >= 15 is 0 Å². The Hall–Kier alpha value is -2.78. The van der Waals surface area contributed by atoms with E-state index in [1.165, 1.54) is 25.0 Å². The number of carbonyl (C=O) groups excluding carboxylic acids is 2. The van der Waals surface area contributed by atoms with Gasteiger partial charge < -0.3 is 19.9 Å². The highest BCUT2D eigenvalue weighted by Gasteiger charge is 2.68. The summed E-state index contributed by atoms with van der Waals surface area (Å²) in [7, 11) is -0.528. The molecule has 1 aromatic heterocycles. The molecule has 1 saturated heterocycles. The summed E-state index contributed by atoms with van der Waals surface area (Å²) < 4.78 is 13.2. The van der Waals surface area contributed by atoms with E-state index in [0.717, 1.165) is 12.0 Å². The number of hydrogen-bond donors (Lipinski definition) is 2. The van der Waals surface area contributed by atoms with Crippen molar-refractivity contribution in [3.8, 4) is 0 Å². The van der Waals surface area contributed by atoms with Crippen LogP contribution in [0.4, 0.5) is 0 Å². The third-order valence-corrected chi connectivity index (χ3v) is 9.05. The molecule has 4 aliphatic rings. The van der Waals surface area contributed by atoms with Crippen molar-refractivity contribution in [3.63, 3.8) is 0 Å². The minimum absolute atomic E-state index is 0.0345. The van der Waals surface area contributed by atoms with Gasteiger partial charge in [0, 0.05) is 18.8 Å². The number of hydrogen-bond acceptors (Lipinski definition) is 6. The molecule has 38 heavy (non-hydrogen) atoms. The molecule has 1 aromatic carbocycles. The maximum atomic E-state index is 13.8. The highest BCUT2D eigenvalue weighted by atomic mass is 16.7. The molecule has 0 spiro atoms. The van der Waals surface area contributed by atoms with Gasteiger partial charge in [0.25, 0.3) is 5.91 Å². The monoisotopic (exact) mass is 518 g/mol. The van der Waals surface area contributed by atoms with Gasteiger partial charge in [0.15, 0.2) is 0 Å². The molecule has 6 atom stereocenters. The van der Waals surface area contributed by atoms with E-state index < -0.39 is 19.1 Å². The summed E-state index contributed by atoms with van der Waals surface area (Å²) >= 11 is 0. The number of rotatable bonds is 9. The minimum atomic E-state index is -0.799. The fourth-order valence-corrected chi connectivity index (χ4v) is 6.81. The molecule has 2 aromatic rings. The molecule has 2 N–H and O–H groups in total. The van der Waals surface area contributed by atoms with Crippen molar-refractivity contribution < 1.29 is 18.9 Å². The second-order valence-corrected chi connectivity index (χ2v) is 12.4. The fourth-order valence-electron chi connectivity index (χ4n) is 6.81. The summed E-state index contributed by atoms with van der Waals surface area (Å²) in [6, 6.07) is 8.87. The summed E-state index contributed by atoms with van der Waals surface area (Å²) in [4.78, 5) is 34.8. The first-order chi connectivity index (χ1) is 18.1. The molecule has 3 aliphatic carbocycles. The van der Waals surface area contributed by atoms with Gasteiger partial charge in [0.05, 0.1) is 23.8 Å². The highest BCUT2D eigenvalue weighted by molar-refractivity contribution is 6.48. The quantitative estimate of drug-likeness (QED) is 0.492. The summed E-state index contributed by atoms with van der Waals surface area (Å²) in [5, 5.41) is 6.08. The van der Waals surface area contributed by atoms with Crippen molar-refractivity contribution in [1.29, 1.82) is 0 Å². The topological polar surface area (TPSA) is 102 Å². The van der Waals surface area contributed by atoms with Gasteiger partial charge in [0.2, 0.25) is 5.91 Å². The van der Waals surface area contributed by atoms with E-state index in [1.54, 1.807) is 0 Å². The van der Waals surface area contributed by atoms with Gasteiger partial charge in [-0.15, -0.1) is 0 Å². The molecule has 3 saturated carbocycles. The van der Waals surface area contributed by atoms with Gasteiger partial charge >= 0.3 is 7.12 Å². The van der Waals surface area contributed by atoms with E-state index in [-0.39, 0.29) is 34.7 Å². The minimum Gasteiger partial charge on any atom is -0.404 e. The molecule has 1 aliphatic heterocycles. The Morgan fingerprint density at radius 1 is 1.11 bits per heavy atom. The number of amides is 2. The smallest absolute Gasteiger partial charge is 0.404 e. The van der Waals surface area contributed by atoms with E-state index in [0.29, 0.717) is 30.6 Å². The second-order valence-electron chi connectivity index (χ2n) is 12.4.